The van der Waals surface area contributed by atoms with E-state index in [1.807, 2.05) is 0 Å². The van der Waals surface area contributed by atoms with Crippen molar-refractivity contribution in [3.63, 3.8) is 0 Å². The number of sulfonamides is 1. The number of amides is 3. The number of benzene rings is 1. The van der Waals surface area contributed by atoms with Gasteiger partial charge in [0.15, 0.2) is 0 Å². The SMILES string of the molecule is CC1=NC(N2CCN(S(=O)(=O)c3ccc(N4C(=O)CCC4=O)cc3)CC2)=NC(=O)C1F. The van der Waals surface area contributed by atoms with Gasteiger partial charge >= 0.3 is 0 Å². The summed E-state index contributed by atoms with van der Waals surface area (Å²) in [5, 5.41) is 0. The molecule has 0 saturated carbocycles. The summed E-state index contributed by atoms with van der Waals surface area (Å²) >= 11 is 0. The number of guanidine groups is 1. The largest absolute Gasteiger partial charge is 0.338 e. The summed E-state index contributed by atoms with van der Waals surface area (Å²) in [5.74, 6) is -1.43. The second-order valence-corrected chi connectivity index (χ2v) is 9.31. The second-order valence-electron chi connectivity index (χ2n) is 7.37. The fourth-order valence-corrected chi connectivity index (χ4v) is 5.05. The number of rotatable bonds is 3. The zero-order valence-electron chi connectivity index (χ0n) is 16.7. The molecule has 0 radical (unpaired) electrons. The van der Waals surface area contributed by atoms with Crippen LogP contribution in [0.25, 0.3) is 0 Å². The van der Waals surface area contributed by atoms with Crippen LogP contribution in [0.5, 0.6) is 0 Å². The molecule has 2 saturated heterocycles. The Morgan fingerprint density at radius 2 is 1.52 bits per heavy atom. The normalized spacial score (nSPS) is 23.3. The first kappa shape index (κ1) is 21.2. The highest BCUT2D eigenvalue weighted by Crippen LogP contribution is 2.26. The highest BCUT2D eigenvalue weighted by molar-refractivity contribution is 7.89. The monoisotopic (exact) mass is 449 g/mol. The number of nitrogens with zero attached hydrogens (tertiary/aromatic N) is 5. The van der Waals surface area contributed by atoms with Crippen LogP contribution in [0.15, 0.2) is 39.1 Å². The van der Waals surface area contributed by atoms with Crippen LogP contribution in [0.2, 0.25) is 0 Å². The van der Waals surface area contributed by atoms with Crippen LogP contribution in [-0.4, -0.2) is 79.4 Å². The first-order valence-corrected chi connectivity index (χ1v) is 11.2. The van der Waals surface area contributed by atoms with Crippen molar-refractivity contribution in [3.05, 3.63) is 24.3 Å². The van der Waals surface area contributed by atoms with E-state index >= 15 is 0 Å². The van der Waals surface area contributed by atoms with Crippen LogP contribution in [0.3, 0.4) is 0 Å². The maximum Gasteiger partial charge on any atom is 0.289 e. The molecule has 164 valence electrons. The van der Waals surface area contributed by atoms with Crippen molar-refractivity contribution in [2.24, 2.45) is 9.98 Å². The Hall–Kier alpha value is -2.99. The number of halogens is 1. The lowest BCUT2D eigenvalue weighted by molar-refractivity contribution is -0.122. The molecular formula is C19H20FN5O5S. The van der Waals surface area contributed by atoms with Gasteiger partial charge < -0.3 is 4.90 Å². The van der Waals surface area contributed by atoms with Crippen LogP contribution in [0.1, 0.15) is 19.8 Å². The summed E-state index contributed by atoms with van der Waals surface area (Å²) < 4.78 is 40.8. The van der Waals surface area contributed by atoms with Gasteiger partial charge in [-0.25, -0.2) is 17.8 Å². The molecule has 2 fully saturated rings. The third kappa shape index (κ3) is 3.88. The molecule has 3 amide bonds. The van der Waals surface area contributed by atoms with Gasteiger partial charge in [0.05, 0.1) is 16.3 Å². The minimum absolute atomic E-state index is 0.0279. The molecule has 10 nitrogen and oxygen atoms in total. The average Bonchev–Trinajstić information content (AvgIpc) is 3.10. The molecule has 0 N–H and O–H groups in total. The van der Waals surface area contributed by atoms with Crippen LogP contribution in [-0.2, 0) is 24.4 Å². The number of carbonyl (C=O) groups is 3. The van der Waals surface area contributed by atoms with Gasteiger partial charge in [-0.05, 0) is 31.2 Å². The number of imide groups is 1. The summed E-state index contributed by atoms with van der Waals surface area (Å²) in [6.45, 7) is 2.16. The van der Waals surface area contributed by atoms with E-state index in [1.165, 1.54) is 35.5 Å². The zero-order valence-corrected chi connectivity index (χ0v) is 17.5. The van der Waals surface area contributed by atoms with Gasteiger partial charge in [-0.1, -0.05) is 0 Å². The van der Waals surface area contributed by atoms with Crippen LogP contribution in [0, 0.1) is 0 Å². The van der Waals surface area contributed by atoms with Gasteiger partial charge in [-0.3, -0.25) is 19.3 Å². The molecule has 12 heteroatoms. The lowest BCUT2D eigenvalue weighted by Crippen LogP contribution is -2.51. The predicted molar refractivity (Wildman–Crippen MR) is 109 cm³/mol. The van der Waals surface area contributed by atoms with E-state index in [1.54, 1.807) is 4.90 Å². The average molecular weight is 449 g/mol. The van der Waals surface area contributed by atoms with Crippen molar-refractivity contribution < 1.29 is 27.2 Å². The predicted octanol–water partition coefficient (Wildman–Crippen LogP) is 0.341. The Morgan fingerprint density at radius 3 is 2.06 bits per heavy atom. The molecule has 1 aromatic carbocycles. The van der Waals surface area contributed by atoms with E-state index in [0.29, 0.717) is 5.69 Å². The van der Waals surface area contributed by atoms with Crippen molar-refractivity contribution in [1.82, 2.24) is 9.21 Å². The topological polar surface area (TPSA) is 120 Å². The minimum atomic E-state index is -3.80. The Bertz CT molecular complexity index is 1090. The summed E-state index contributed by atoms with van der Waals surface area (Å²) in [6, 6.07) is 5.62. The standard InChI is InChI=1S/C19H20FN5O5S/c1-12-17(20)18(28)22-19(21-12)23-8-10-24(11-9-23)31(29,30)14-4-2-13(3-5-14)25-15(26)6-7-16(25)27/h2-5,17H,6-11H2,1H3. The zero-order chi connectivity index (χ0) is 22.3. The summed E-state index contributed by atoms with van der Waals surface area (Å²) in [6.07, 6.45) is -1.54. The fourth-order valence-electron chi connectivity index (χ4n) is 3.62. The van der Waals surface area contributed by atoms with E-state index < -0.39 is 22.1 Å². The van der Waals surface area contributed by atoms with Crippen molar-refractivity contribution in [3.8, 4) is 0 Å². The molecule has 1 unspecified atom stereocenters. The molecule has 1 aromatic rings. The number of alkyl halides is 1. The van der Waals surface area contributed by atoms with Crippen LogP contribution in [0.4, 0.5) is 10.1 Å². The van der Waals surface area contributed by atoms with Gasteiger partial charge in [-0.15, -0.1) is 0 Å². The van der Waals surface area contributed by atoms with Gasteiger partial charge in [0.2, 0.25) is 34.0 Å². The number of piperazine rings is 1. The molecule has 0 bridgehead atoms. The smallest absolute Gasteiger partial charge is 0.289 e. The number of hydrogen-bond acceptors (Lipinski definition) is 7. The number of carbonyl (C=O) groups excluding carboxylic acids is 3. The highest BCUT2D eigenvalue weighted by Gasteiger charge is 2.34. The Morgan fingerprint density at radius 1 is 0.935 bits per heavy atom. The molecule has 4 rings (SSSR count). The molecule has 3 heterocycles. The molecule has 3 aliphatic rings. The van der Waals surface area contributed by atoms with E-state index in [2.05, 4.69) is 9.98 Å². The second kappa shape index (κ2) is 7.93. The molecule has 0 spiro atoms. The van der Waals surface area contributed by atoms with E-state index in [4.69, 9.17) is 0 Å². The lowest BCUT2D eigenvalue weighted by Gasteiger charge is -2.35. The summed E-state index contributed by atoms with van der Waals surface area (Å²) in [7, 11) is -3.80. The van der Waals surface area contributed by atoms with Crippen LogP contribution < -0.4 is 4.90 Å². The first-order valence-electron chi connectivity index (χ1n) is 9.71. The van der Waals surface area contributed by atoms with Crippen molar-refractivity contribution >= 4 is 45.1 Å². The lowest BCUT2D eigenvalue weighted by atomic mass is 10.2. The molecule has 0 aromatic heterocycles. The Labute approximate surface area is 178 Å². The van der Waals surface area contributed by atoms with E-state index in [-0.39, 0.29) is 67.4 Å². The van der Waals surface area contributed by atoms with Gasteiger partial charge in [-0.2, -0.15) is 9.30 Å². The maximum absolute atomic E-state index is 13.6. The van der Waals surface area contributed by atoms with Gasteiger partial charge in [0.1, 0.15) is 0 Å². The van der Waals surface area contributed by atoms with E-state index in [9.17, 15) is 27.2 Å². The van der Waals surface area contributed by atoms with Crippen LogP contribution >= 0.6 is 0 Å². The molecular weight excluding hydrogens is 429 g/mol. The highest BCUT2D eigenvalue weighted by atomic mass is 32.2. The quantitative estimate of drug-likeness (QED) is 0.614. The summed E-state index contributed by atoms with van der Waals surface area (Å²) in [4.78, 5) is 45.7. The van der Waals surface area contributed by atoms with Crippen molar-refractivity contribution in [2.45, 2.75) is 30.8 Å². The molecule has 3 aliphatic heterocycles. The third-order valence-electron chi connectivity index (χ3n) is 5.38. The third-order valence-corrected chi connectivity index (χ3v) is 7.29. The number of anilines is 1. The van der Waals surface area contributed by atoms with Crippen molar-refractivity contribution in [2.75, 3.05) is 31.1 Å². The fraction of sp³-hybridized carbons (Fsp3) is 0.421. The summed E-state index contributed by atoms with van der Waals surface area (Å²) in [5.41, 5.74) is 0.371. The minimum Gasteiger partial charge on any atom is -0.338 e. The number of aliphatic imine (C=N–C) groups is 2. The van der Waals surface area contributed by atoms with E-state index in [0.717, 1.165) is 4.90 Å². The van der Waals surface area contributed by atoms with Crippen molar-refractivity contribution in [1.29, 1.82) is 0 Å². The Kier molecular flexibility index (Phi) is 5.43. The van der Waals surface area contributed by atoms with Gasteiger partial charge in [0.25, 0.3) is 5.91 Å². The Balaban J connectivity index is 1.45. The molecule has 0 aliphatic carbocycles. The molecule has 31 heavy (non-hydrogen) atoms. The van der Waals surface area contributed by atoms with Gasteiger partial charge in [0, 0.05) is 39.0 Å². The first-order chi connectivity index (χ1) is 14.7. The molecule has 1 atom stereocenters. The number of hydrogen-bond donors (Lipinski definition) is 0. The maximum atomic E-state index is 13.6.